The zero-order valence-corrected chi connectivity index (χ0v) is 10.2. The zero-order valence-electron chi connectivity index (χ0n) is 9.40. The second kappa shape index (κ2) is 4.51. The van der Waals surface area contributed by atoms with Crippen LogP contribution in [0.2, 0.25) is 5.15 Å². The number of nitriles is 1. The Morgan fingerprint density at radius 2 is 2.06 bits per heavy atom. The molecule has 0 saturated heterocycles. The van der Waals surface area contributed by atoms with Crippen LogP contribution < -0.4 is 11.2 Å². The number of hydrogen-bond donors (Lipinski definition) is 1. The summed E-state index contributed by atoms with van der Waals surface area (Å²) in [4.78, 5) is 25.9. The summed E-state index contributed by atoms with van der Waals surface area (Å²) in [5, 5.41) is 8.82. The van der Waals surface area contributed by atoms with Crippen molar-refractivity contribution in [2.45, 2.75) is 6.92 Å². The second-order valence-electron chi connectivity index (χ2n) is 3.71. The van der Waals surface area contributed by atoms with Crippen LogP contribution in [0.25, 0.3) is 5.69 Å². The molecular weight excluding hydrogens is 254 g/mol. The molecule has 0 aliphatic heterocycles. The molecule has 0 fully saturated rings. The van der Waals surface area contributed by atoms with E-state index in [0.717, 1.165) is 10.6 Å². The lowest BCUT2D eigenvalue weighted by Gasteiger charge is -2.08. The van der Waals surface area contributed by atoms with Crippen molar-refractivity contribution in [2.24, 2.45) is 0 Å². The van der Waals surface area contributed by atoms with E-state index in [2.05, 4.69) is 4.98 Å². The highest BCUT2D eigenvalue weighted by Crippen LogP contribution is 2.12. The van der Waals surface area contributed by atoms with Gasteiger partial charge in [0.25, 0.3) is 5.56 Å². The van der Waals surface area contributed by atoms with Gasteiger partial charge < -0.3 is 0 Å². The van der Waals surface area contributed by atoms with Crippen molar-refractivity contribution in [1.29, 1.82) is 5.26 Å². The standard InChI is InChI=1S/C12H8ClN3O2/c1-7-2-3-8(6-14)4-9(7)16-11(17)5-10(13)15-12(16)18/h2-5H,1H3,(H,15,18). The van der Waals surface area contributed by atoms with Gasteiger partial charge >= 0.3 is 5.69 Å². The average Bonchev–Trinajstić information content (AvgIpc) is 2.30. The minimum Gasteiger partial charge on any atom is -0.297 e. The Bertz CT molecular complexity index is 737. The summed E-state index contributed by atoms with van der Waals surface area (Å²) in [5.74, 6) is 0. The molecule has 0 amide bonds. The first-order chi connectivity index (χ1) is 8.52. The average molecular weight is 262 g/mol. The normalized spacial score (nSPS) is 10.1. The van der Waals surface area contributed by atoms with Gasteiger partial charge in [-0.15, -0.1) is 0 Å². The van der Waals surface area contributed by atoms with E-state index in [-0.39, 0.29) is 5.15 Å². The highest BCUT2D eigenvalue weighted by Gasteiger charge is 2.09. The van der Waals surface area contributed by atoms with E-state index in [4.69, 9.17) is 16.9 Å². The number of H-pyrrole nitrogens is 1. The maximum absolute atomic E-state index is 11.8. The van der Waals surface area contributed by atoms with E-state index < -0.39 is 11.2 Å². The molecular formula is C12H8ClN3O2. The third kappa shape index (κ3) is 2.06. The molecule has 6 heteroatoms. The van der Waals surface area contributed by atoms with E-state index >= 15 is 0 Å². The Balaban J connectivity index is 2.82. The van der Waals surface area contributed by atoms with Gasteiger partial charge in [0.2, 0.25) is 0 Å². The number of nitrogens with one attached hydrogen (secondary N) is 1. The van der Waals surface area contributed by atoms with Crippen LogP contribution >= 0.6 is 11.6 Å². The van der Waals surface area contributed by atoms with E-state index in [1.54, 1.807) is 19.1 Å². The van der Waals surface area contributed by atoms with Crippen molar-refractivity contribution in [1.82, 2.24) is 9.55 Å². The molecule has 90 valence electrons. The van der Waals surface area contributed by atoms with Crippen LogP contribution in [0, 0.1) is 18.3 Å². The van der Waals surface area contributed by atoms with E-state index in [9.17, 15) is 9.59 Å². The number of rotatable bonds is 1. The van der Waals surface area contributed by atoms with Gasteiger partial charge in [0.1, 0.15) is 5.15 Å². The van der Waals surface area contributed by atoms with Gasteiger partial charge in [0, 0.05) is 6.07 Å². The quantitative estimate of drug-likeness (QED) is 0.787. The minimum atomic E-state index is -0.634. The SMILES string of the molecule is Cc1ccc(C#N)cc1-n1c(=O)cc(Cl)[nH]c1=O. The lowest BCUT2D eigenvalue weighted by Crippen LogP contribution is -2.33. The minimum absolute atomic E-state index is 0.0182. The molecule has 1 aromatic heterocycles. The number of aryl methyl sites for hydroxylation is 1. The lowest BCUT2D eigenvalue weighted by molar-refractivity contribution is 0.869. The molecule has 2 rings (SSSR count). The predicted octanol–water partition coefficient (Wildman–Crippen LogP) is 1.36. The Kier molecular flexibility index (Phi) is 3.04. The molecule has 0 unspecified atom stereocenters. The number of halogens is 1. The molecule has 18 heavy (non-hydrogen) atoms. The smallest absolute Gasteiger partial charge is 0.297 e. The molecule has 0 bridgehead atoms. The van der Waals surface area contributed by atoms with Crippen LogP contribution in [0.3, 0.4) is 0 Å². The lowest BCUT2D eigenvalue weighted by atomic mass is 10.1. The highest BCUT2D eigenvalue weighted by molar-refractivity contribution is 6.29. The molecule has 1 aromatic carbocycles. The summed E-state index contributed by atoms with van der Waals surface area (Å²) in [6.45, 7) is 1.75. The monoisotopic (exact) mass is 261 g/mol. The molecule has 1 N–H and O–H groups in total. The summed E-state index contributed by atoms with van der Waals surface area (Å²) in [7, 11) is 0. The van der Waals surface area contributed by atoms with Crippen LogP contribution in [-0.2, 0) is 0 Å². The molecule has 0 saturated carbocycles. The summed E-state index contributed by atoms with van der Waals surface area (Å²) in [6.07, 6.45) is 0. The Morgan fingerprint density at radius 1 is 1.33 bits per heavy atom. The van der Waals surface area contributed by atoms with Crippen LogP contribution in [0.1, 0.15) is 11.1 Å². The third-order valence-corrected chi connectivity index (χ3v) is 2.68. The van der Waals surface area contributed by atoms with Crippen molar-refractivity contribution in [3.05, 3.63) is 61.4 Å². The molecule has 0 radical (unpaired) electrons. The van der Waals surface area contributed by atoms with Crippen LogP contribution in [-0.4, -0.2) is 9.55 Å². The first kappa shape index (κ1) is 12.1. The number of benzene rings is 1. The zero-order chi connectivity index (χ0) is 13.3. The predicted molar refractivity (Wildman–Crippen MR) is 67.1 cm³/mol. The fourth-order valence-electron chi connectivity index (χ4n) is 1.62. The van der Waals surface area contributed by atoms with Gasteiger partial charge in [-0.25, -0.2) is 9.36 Å². The van der Waals surface area contributed by atoms with E-state index in [1.807, 2.05) is 6.07 Å². The summed E-state index contributed by atoms with van der Waals surface area (Å²) < 4.78 is 0.946. The molecule has 0 aliphatic rings. The van der Waals surface area contributed by atoms with Crippen molar-refractivity contribution < 1.29 is 0 Å². The fourth-order valence-corrected chi connectivity index (χ4v) is 1.79. The van der Waals surface area contributed by atoms with Crippen molar-refractivity contribution >= 4 is 11.6 Å². The van der Waals surface area contributed by atoms with Gasteiger partial charge in [-0.1, -0.05) is 17.7 Å². The number of nitrogens with zero attached hydrogens (tertiary/aromatic N) is 2. The van der Waals surface area contributed by atoms with Crippen LogP contribution in [0.15, 0.2) is 33.9 Å². The Hall–Kier alpha value is -2.32. The van der Waals surface area contributed by atoms with Crippen molar-refractivity contribution in [3.8, 4) is 11.8 Å². The Labute approximate surface area is 107 Å². The first-order valence-corrected chi connectivity index (χ1v) is 5.44. The van der Waals surface area contributed by atoms with Gasteiger partial charge in [-0.2, -0.15) is 5.26 Å². The molecule has 5 nitrogen and oxygen atoms in total. The number of hydrogen-bond acceptors (Lipinski definition) is 3. The maximum Gasteiger partial charge on any atom is 0.334 e. The second-order valence-corrected chi connectivity index (χ2v) is 4.12. The maximum atomic E-state index is 11.8. The van der Waals surface area contributed by atoms with Gasteiger partial charge in [-0.3, -0.25) is 9.78 Å². The van der Waals surface area contributed by atoms with Gasteiger partial charge in [0.05, 0.1) is 17.3 Å². The molecule has 0 atom stereocenters. The van der Waals surface area contributed by atoms with Gasteiger partial charge in [-0.05, 0) is 24.6 Å². The summed E-state index contributed by atoms with van der Waals surface area (Å²) in [5.41, 5.74) is 0.283. The largest absolute Gasteiger partial charge is 0.334 e. The molecule has 0 spiro atoms. The van der Waals surface area contributed by atoms with Crippen LogP contribution in [0.4, 0.5) is 0 Å². The summed E-state index contributed by atoms with van der Waals surface area (Å²) in [6, 6.07) is 7.85. The van der Waals surface area contributed by atoms with Crippen molar-refractivity contribution in [3.63, 3.8) is 0 Å². The number of aromatic amines is 1. The van der Waals surface area contributed by atoms with E-state index in [1.165, 1.54) is 6.07 Å². The van der Waals surface area contributed by atoms with E-state index in [0.29, 0.717) is 16.8 Å². The van der Waals surface area contributed by atoms with Crippen molar-refractivity contribution in [2.75, 3.05) is 0 Å². The molecule has 1 heterocycles. The highest BCUT2D eigenvalue weighted by atomic mass is 35.5. The summed E-state index contributed by atoms with van der Waals surface area (Å²) >= 11 is 5.59. The fraction of sp³-hybridized carbons (Fsp3) is 0.0833. The van der Waals surface area contributed by atoms with Crippen LogP contribution in [0.5, 0.6) is 0 Å². The Morgan fingerprint density at radius 3 is 2.67 bits per heavy atom. The third-order valence-electron chi connectivity index (χ3n) is 2.48. The number of aromatic nitrogens is 2. The molecule has 2 aromatic rings. The van der Waals surface area contributed by atoms with Gasteiger partial charge in [0.15, 0.2) is 0 Å². The first-order valence-electron chi connectivity index (χ1n) is 5.06. The molecule has 0 aliphatic carbocycles. The topological polar surface area (TPSA) is 78.7 Å².